The van der Waals surface area contributed by atoms with Gasteiger partial charge in [-0.15, -0.1) is 23.4 Å². The van der Waals surface area contributed by atoms with Gasteiger partial charge in [0.1, 0.15) is 11.3 Å². The first kappa shape index (κ1) is 19.5. The molecule has 0 aliphatic carbocycles. The largest absolute Gasteiger partial charge is 0.573 e. The predicted octanol–water partition coefficient (Wildman–Crippen LogP) is 5.11. The van der Waals surface area contributed by atoms with Gasteiger partial charge in [-0.2, -0.15) is 0 Å². The molecule has 0 radical (unpaired) electrons. The number of alkyl halides is 3. The van der Waals surface area contributed by atoms with Crippen LogP contribution in [0.2, 0.25) is 0 Å². The van der Waals surface area contributed by atoms with E-state index in [2.05, 4.69) is 14.9 Å². The molecule has 0 saturated heterocycles. The van der Waals surface area contributed by atoms with Gasteiger partial charge in [-0.3, -0.25) is 4.79 Å². The normalized spacial score (nSPS) is 11.6. The molecule has 0 aliphatic heterocycles. The van der Waals surface area contributed by atoms with E-state index in [4.69, 9.17) is 13.6 Å². The molecule has 0 bridgehead atoms. The Morgan fingerprint density at radius 1 is 1.10 bits per heavy atom. The van der Waals surface area contributed by atoms with Gasteiger partial charge in [0.25, 0.3) is 5.89 Å². The lowest BCUT2D eigenvalue weighted by Gasteiger charge is -2.09. The minimum atomic E-state index is -4.79. The fourth-order valence-electron chi connectivity index (χ4n) is 2.84. The fraction of sp³-hybridized carbons (Fsp3) is 0.150. The summed E-state index contributed by atoms with van der Waals surface area (Å²) in [6, 6.07) is 10.7. The van der Waals surface area contributed by atoms with Gasteiger partial charge in [0.15, 0.2) is 6.61 Å². The van der Waals surface area contributed by atoms with Crippen LogP contribution in [0.1, 0.15) is 12.8 Å². The highest BCUT2D eigenvalue weighted by atomic mass is 19.4. The third kappa shape index (κ3) is 4.27. The molecule has 4 aromatic rings. The second-order valence-electron chi connectivity index (χ2n) is 6.22. The Labute approximate surface area is 167 Å². The van der Waals surface area contributed by atoms with Crippen molar-refractivity contribution in [3.05, 3.63) is 54.6 Å². The van der Waals surface area contributed by atoms with Gasteiger partial charge in [0, 0.05) is 23.4 Å². The lowest BCUT2D eigenvalue weighted by molar-refractivity contribution is -0.274. The third-order valence-electron chi connectivity index (χ3n) is 4.06. The maximum atomic E-state index is 12.5. The smallest absolute Gasteiger partial charge is 0.464 e. The molecule has 0 saturated carbocycles. The topological polar surface area (TPSA) is 87.6 Å². The molecule has 10 heteroatoms. The van der Waals surface area contributed by atoms with E-state index in [0.717, 1.165) is 0 Å². The van der Waals surface area contributed by atoms with Crippen LogP contribution in [0, 0.1) is 0 Å². The average molecular weight is 418 g/mol. The number of carbonyl (C=O) groups excluding carboxylic acids is 1. The quantitative estimate of drug-likeness (QED) is 0.416. The zero-order valence-electron chi connectivity index (χ0n) is 15.4. The molecule has 4 rings (SSSR count). The Morgan fingerprint density at radius 2 is 1.93 bits per heavy atom. The molecule has 0 atom stereocenters. The van der Waals surface area contributed by atoms with E-state index < -0.39 is 12.3 Å². The first-order valence-electron chi connectivity index (χ1n) is 8.62. The molecule has 154 valence electrons. The highest BCUT2D eigenvalue weighted by Crippen LogP contribution is 2.35. The van der Waals surface area contributed by atoms with E-state index in [1.165, 1.54) is 31.4 Å². The van der Waals surface area contributed by atoms with Crippen LogP contribution in [0.15, 0.2) is 57.6 Å². The van der Waals surface area contributed by atoms with Gasteiger partial charge >= 0.3 is 12.3 Å². The molecule has 0 amide bonds. The number of esters is 1. The Kier molecular flexibility index (Phi) is 4.90. The number of halogens is 3. The first-order chi connectivity index (χ1) is 14.3. The van der Waals surface area contributed by atoms with Crippen LogP contribution >= 0.6 is 0 Å². The molecular formula is C20H13F3N2O5. The summed E-state index contributed by atoms with van der Waals surface area (Å²) in [7, 11) is 0. The molecule has 7 nitrogen and oxygen atoms in total. The van der Waals surface area contributed by atoms with Crippen molar-refractivity contribution in [1.82, 2.24) is 10.2 Å². The standard InChI is InChI=1S/C20H13F3N2O5/c1-11(26)27-10-18-24-25-19(29-18)13-5-6-17-15(8-13)16(9-28-17)12-3-2-4-14(7-12)30-20(21,22)23/h2-9H,10H2,1H3. The van der Waals surface area contributed by atoms with Gasteiger partial charge in [0.05, 0.1) is 6.26 Å². The maximum Gasteiger partial charge on any atom is 0.573 e. The van der Waals surface area contributed by atoms with Gasteiger partial charge in [0.2, 0.25) is 5.89 Å². The van der Waals surface area contributed by atoms with Crippen LogP contribution in [-0.2, 0) is 16.1 Å². The van der Waals surface area contributed by atoms with E-state index in [0.29, 0.717) is 27.7 Å². The van der Waals surface area contributed by atoms with Gasteiger partial charge < -0.3 is 18.3 Å². The van der Waals surface area contributed by atoms with Gasteiger partial charge in [-0.1, -0.05) is 12.1 Å². The number of hydrogen-bond acceptors (Lipinski definition) is 7. The SMILES string of the molecule is CC(=O)OCc1nnc(-c2ccc3occ(-c4cccc(OC(F)(F)F)c4)c3c2)o1. The van der Waals surface area contributed by atoms with Gasteiger partial charge in [-0.05, 0) is 35.9 Å². The van der Waals surface area contributed by atoms with Crippen molar-refractivity contribution >= 4 is 16.9 Å². The number of fused-ring (bicyclic) bond motifs is 1. The Balaban J connectivity index is 1.67. The van der Waals surface area contributed by atoms with Crippen LogP contribution in [0.3, 0.4) is 0 Å². The minimum Gasteiger partial charge on any atom is -0.464 e. The fourth-order valence-corrected chi connectivity index (χ4v) is 2.84. The number of aromatic nitrogens is 2. The summed E-state index contributed by atoms with van der Waals surface area (Å²) in [4.78, 5) is 10.9. The molecule has 2 heterocycles. The second-order valence-corrected chi connectivity index (χ2v) is 6.22. The number of rotatable bonds is 5. The predicted molar refractivity (Wildman–Crippen MR) is 97.1 cm³/mol. The van der Waals surface area contributed by atoms with Crippen molar-refractivity contribution in [2.75, 3.05) is 0 Å². The van der Waals surface area contributed by atoms with E-state index >= 15 is 0 Å². The van der Waals surface area contributed by atoms with E-state index in [1.807, 2.05) is 0 Å². The molecule has 0 unspecified atom stereocenters. The molecule has 2 aromatic heterocycles. The van der Waals surface area contributed by atoms with Gasteiger partial charge in [-0.25, -0.2) is 0 Å². The highest BCUT2D eigenvalue weighted by molar-refractivity contribution is 5.96. The Bertz CT molecular complexity index is 1210. The highest BCUT2D eigenvalue weighted by Gasteiger charge is 2.31. The summed E-state index contributed by atoms with van der Waals surface area (Å²) in [6.07, 6.45) is -3.34. The van der Waals surface area contributed by atoms with Crippen molar-refractivity contribution in [2.24, 2.45) is 0 Å². The van der Waals surface area contributed by atoms with Crippen LogP contribution in [0.5, 0.6) is 5.75 Å². The monoisotopic (exact) mass is 418 g/mol. The Morgan fingerprint density at radius 3 is 2.70 bits per heavy atom. The lowest BCUT2D eigenvalue weighted by atomic mass is 10.0. The van der Waals surface area contributed by atoms with Crippen LogP contribution in [-0.4, -0.2) is 22.5 Å². The molecule has 30 heavy (non-hydrogen) atoms. The first-order valence-corrected chi connectivity index (χ1v) is 8.62. The molecule has 0 aliphatic rings. The van der Waals surface area contributed by atoms with Crippen molar-refractivity contribution in [2.45, 2.75) is 19.9 Å². The lowest BCUT2D eigenvalue weighted by Crippen LogP contribution is -2.17. The average Bonchev–Trinajstić information content (AvgIpc) is 3.32. The van der Waals surface area contributed by atoms with Crippen LogP contribution in [0.4, 0.5) is 13.2 Å². The van der Waals surface area contributed by atoms with E-state index in [9.17, 15) is 18.0 Å². The minimum absolute atomic E-state index is 0.129. The van der Waals surface area contributed by atoms with Crippen molar-refractivity contribution in [3.63, 3.8) is 0 Å². The van der Waals surface area contributed by atoms with Crippen molar-refractivity contribution in [1.29, 1.82) is 0 Å². The van der Waals surface area contributed by atoms with Crippen molar-refractivity contribution < 1.29 is 36.3 Å². The summed E-state index contributed by atoms with van der Waals surface area (Å²) < 4.78 is 57.4. The van der Waals surface area contributed by atoms with Crippen molar-refractivity contribution in [3.8, 4) is 28.3 Å². The zero-order valence-corrected chi connectivity index (χ0v) is 15.4. The van der Waals surface area contributed by atoms with E-state index in [1.54, 1.807) is 24.3 Å². The third-order valence-corrected chi connectivity index (χ3v) is 4.06. The number of benzene rings is 2. The molecule has 0 fully saturated rings. The molecule has 0 spiro atoms. The number of carbonyl (C=O) groups is 1. The summed E-state index contributed by atoms with van der Waals surface area (Å²) in [6.45, 7) is 1.12. The number of ether oxygens (including phenoxy) is 2. The van der Waals surface area contributed by atoms with Crippen LogP contribution in [0.25, 0.3) is 33.6 Å². The molecule has 2 aromatic carbocycles. The second kappa shape index (κ2) is 7.54. The van der Waals surface area contributed by atoms with E-state index in [-0.39, 0.29) is 24.1 Å². The summed E-state index contributed by atoms with van der Waals surface area (Å²) in [5, 5.41) is 8.38. The van der Waals surface area contributed by atoms with Crippen LogP contribution < -0.4 is 4.74 Å². The Hall–Kier alpha value is -3.82. The summed E-state index contributed by atoms with van der Waals surface area (Å²) >= 11 is 0. The number of furan rings is 1. The number of hydrogen-bond donors (Lipinski definition) is 0. The summed E-state index contributed by atoms with van der Waals surface area (Å²) in [5.41, 5.74) is 2.14. The summed E-state index contributed by atoms with van der Waals surface area (Å²) in [5.74, 6) is -0.487. The molecular weight excluding hydrogens is 405 g/mol. The number of nitrogens with zero attached hydrogens (tertiary/aromatic N) is 2. The maximum absolute atomic E-state index is 12.5. The zero-order chi connectivity index (χ0) is 21.3. The molecule has 0 N–H and O–H groups in total.